The van der Waals surface area contributed by atoms with Crippen LogP contribution in [0.5, 0.6) is 11.5 Å². The number of rotatable bonds is 6. The molecule has 1 saturated carbocycles. The summed E-state index contributed by atoms with van der Waals surface area (Å²) in [6.45, 7) is 0. The molecule has 0 unspecified atom stereocenters. The molecule has 0 bridgehead atoms. The third-order valence-corrected chi connectivity index (χ3v) is 5.29. The molecule has 0 aliphatic heterocycles. The second-order valence-corrected chi connectivity index (χ2v) is 7.60. The SMILES string of the molecule is NC(=O)C1(C(=O)N(c2ccc(F)cc2)c2cc(F)c(Oc3ccnc(Cl)c3)cc2F)CC1. The number of benzene rings is 2. The van der Waals surface area contributed by atoms with Crippen molar-refractivity contribution in [2.75, 3.05) is 4.90 Å². The lowest BCUT2D eigenvalue weighted by Gasteiger charge is -2.27. The lowest BCUT2D eigenvalue weighted by Crippen LogP contribution is -2.41. The summed E-state index contributed by atoms with van der Waals surface area (Å²) < 4.78 is 48.7. The molecule has 1 aliphatic carbocycles. The number of nitrogens with zero attached hydrogens (tertiary/aromatic N) is 2. The van der Waals surface area contributed by atoms with Gasteiger partial charge in [-0.25, -0.2) is 18.2 Å². The molecule has 164 valence electrons. The second-order valence-electron chi connectivity index (χ2n) is 7.21. The molecule has 2 N–H and O–H groups in total. The Morgan fingerprint density at radius 3 is 2.31 bits per heavy atom. The highest BCUT2D eigenvalue weighted by Crippen LogP contribution is 2.49. The summed E-state index contributed by atoms with van der Waals surface area (Å²) >= 11 is 5.77. The molecule has 2 aromatic carbocycles. The fraction of sp³-hybridized carbons (Fsp3) is 0.136. The Morgan fingerprint density at radius 2 is 1.72 bits per heavy atom. The smallest absolute Gasteiger partial charge is 0.247 e. The first kappa shape index (κ1) is 21.6. The van der Waals surface area contributed by atoms with Crippen molar-refractivity contribution < 1.29 is 27.5 Å². The van der Waals surface area contributed by atoms with Crippen molar-refractivity contribution in [1.29, 1.82) is 0 Å². The van der Waals surface area contributed by atoms with Crippen LogP contribution in [0, 0.1) is 22.9 Å². The first-order valence-electron chi connectivity index (χ1n) is 9.40. The minimum absolute atomic E-state index is 0.0387. The van der Waals surface area contributed by atoms with Gasteiger partial charge in [0.15, 0.2) is 17.4 Å². The van der Waals surface area contributed by atoms with E-state index in [1.165, 1.54) is 30.5 Å². The summed E-state index contributed by atoms with van der Waals surface area (Å²) in [5, 5.41) is 0.0919. The third-order valence-electron chi connectivity index (χ3n) is 5.09. The lowest BCUT2D eigenvalue weighted by atomic mass is 10.0. The molecular weight excluding hydrogens is 447 g/mol. The van der Waals surface area contributed by atoms with Crippen LogP contribution in [0.3, 0.4) is 0 Å². The van der Waals surface area contributed by atoms with Gasteiger partial charge in [0, 0.05) is 30.1 Å². The molecule has 6 nitrogen and oxygen atoms in total. The molecule has 1 heterocycles. The van der Waals surface area contributed by atoms with Gasteiger partial charge in [-0.2, -0.15) is 0 Å². The number of hydrogen-bond donors (Lipinski definition) is 1. The number of amides is 2. The Kier molecular flexibility index (Phi) is 5.52. The van der Waals surface area contributed by atoms with Gasteiger partial charge in [-0.15, -0.1) is 0 Å². The molecule has 1 aromatic heterocycles. The van der Waals surface area contributed by atoms with Gasteiger partial charge >= 0.3 is 0 Å². The molecule has 3 aromatic rings. The van der Waals surface area contributed by atoms with E-state index >= 15 is 4.39 Å². The minimum Gasteiger partial charge on any atom is -0.454 e. The van der Waals surface area contributed by atoms with Gasteiger partial charge in [0.1, 0.15) is 22.1 Å². The molecule has 32 heavy (non-hydrogen) atoms. The Bertz CT molecular complexity index is 1220. The number of carbonyl (C=O) groups excluding carboxylic acids is 2. The summed E-state index contributed by atoms with van der Waals surface area (Å²) in [5.41, 5.74) is 3.42. The zero-order chi connectivity index (χ0) is 23.0. The van der Waals surface area contributed by atoms with E-state index in [1.807, 2.05) is 0 Å². The van der Waals surface area contributed by atoms with Crippen LogP contribution in [0.15, 0.2) is 54.7 Å². The number of carbonyl (C=O) groups is 2. The number of nitrogens with two attached hydrogens (primary N) is 1. The predicted molar refractivity (Wildman–Crippen MR) is 110 cm³/mol. The molecule has 0 radical (unpaired) electrons. The Balaban J connectivity index is 1.77. The molecule has 0 atom stereocenters. The van der Waals surface area contributed by atoms with E-state index in [4.69, 9.17) is 22.1 Å². The molecule has 1 fully saturated rings. The largest absolute Gasteiger partial charge is 0.454 e. The van der Waals surface area contributed by atoms with Crippen LogP contribution in [0.2, 0.25) is 5.15 Å². The lowest BCUT2D eigenvalue weighted by molar-refractivity contribution is -0.133. The van der Waals surface area contributed by atoms with Crippen molar-refractivity contribution in [2.24, 2.45) is 11.1 Å². The highest BCUT2D eigenvalue weighted by Gasteiger charge is 2.57. The van der Waals surface area contributed by atoms with E-state index in [1.54, 1.807) is 0 Å². The van der Waals surface area contributed by atoms with E-state index in [-0.39, 0.29) is 29.4 Å². The molecule has 4 rings (SSSR count). The highest BCUT2D eigenvalue weighted by molar-refractivity contribution is 6.29. The standard InChI is InChI=1S/C22H15ClF3N3O3/c23-19-9-14(5-8-28-19)32-18-11-15(25)17(10-16(18)26)29(13-3-1-12(24)2-4-13)21(31)22(6-7-22)20(27)30/h1-5,8-11H,6-7H2,(H2,27,30). The van der Waals surface area contributed by atoms with Crippen molar-refractivity contribution in [2.45, 2.75) is 12.8 Å². The number of pyridine rings is 1. The summed E-state index contributed by atoms with van der Waals surface area (Å²) in [6, 6.07) is 8.76. The zero-order valence-electron chi connectivity index (χ0n) is 16.3. The van der Waals surface area contributed by atoms with Crippen LogP contribution in [0.4, 0.5) is 24.5 Å². The van der Waals surface area contributed by atoms with E-state index in [9.17, 15) is 18.4 Å². The van der Waals surface area contributed by atoms with Gasteiger partial charge in [0.05, 0.1) is 5.69 Å². The van der Waals surface area contributed by atoms with Crippen LogP contribution in [0.1, 0.15) is 12.8 Å². The predicted octanol–water partition coefficient (Wildman–Crippen LogP) is 4.87. The van der Waals surface area contributed by atoms with Gasteiger partial charge < -0.3 is 10.5 Å². The fourth-order valence-electron chi connectivity index (χ4n) is 3.20. The van der Waals surface area contributed by atoms with E-state index in [0.717, 1.165) is 29.2 Å². The fourth-order valence-corrected chi connectivity index (χ4v) is 3.37. The first-order chi connectivity index (χ1) is 15.2. The van der Waals surface area contributed by atoms with E-state index in [0.29, 0.717) is 0 Å². The number of ether oxygens (including phenoxy) is 1. The number of anilines is 2. The summed E-state index contributed by atoms with van der Waals surface area (Å²) in [5.74, 6) is -4.64. The Morgan fingerprint density at radius 1 is 1.03 bits per heavy atom. The quantitative estimate of drug-likeness (QED) is 0.419. The van der Waals surface area contributed by atoms with Crippen LogP contribution < -0.4 is 15.4 Å². The summed E-state index contributed by atoms with van der Waals surface area (Å²) in [6.07, 6.45) is 1.67. The number of primary amides is 1. The van der Waals surface area contributed by atoms with Gasteiger partial charge in [-0.3, -0.25) is 14.5 Å². The topological polar surface area (TPSA) is 85.5 Å². The van der Waals surface area contributed by atoms with Crippen LogP contribution in [-0.2, 0) is 9.59 Å². The van der Waals surface area contributed by atoms with Crippen molar-refractivity contribution >= 4 is 34.8 Å². The number of aromatic nitrogens is 1. The van der Waals surface area contributed by atoms with Gasteiger partial charge in [0.2, 0.25) is 11.8 Å². The van der Waals surface area contributed by atoms with E-state index < -0.39 is 46.1 Å². The average molecular weight is 462 g/mol. The maximum Gasteiger partial charge on any atom is 0.247 e. The first-order valence-corrected chi connectivity index (χ1v) is 9.77. The normalized spacial score (nSPS) is 14.0. The third kappa shape index (κ3) is 3.99. The molecular formula is C22H15ClF3N3O3. The highest BCUT2D eigenvalue weighted by atomic mass is 35.5. The van der Waals surface area contributed by atoms with Crippen molar-refractivity contribution in [3.05, 3.63) is 77.3 Å². The molecule has 0 saturated heterocycles. The van der Waals surface area contributed by atoms with Crippen LogP contribution >= 0.6 is 11.6 Å². The van der Waals surface area contributed by atoms with Gasteiger partial charge in [0.25, 0.3) is 0 Å². The monoisotopic (exact) mass is 461 g/mol. The van der Waals surface area contributed by atoms with Crippen LogP contribution in [-0.4, -0.2) is 16.8 Å². The summed E-state index contributed by atoms with van der Waals surface area (Å²) in [7, 11) is 0. The summed E-state index contributed by atoms with van der Waals surface area (Å²) in [4.78, 5) is 29.7. The second kappa shape index (κ2) is 8.16. The number of halogens is 4. The van der Waals surface area contributed by atoms with Crippen molar-refractivity contribution in [3.8, 4) is 11.5 Å². The average Bonchev–Trinajstić information content (AvgIpc) is 3.55. The molecule has 0 spiro atoms. The minimum atomic E-state index is -1.53. The van der Waals surface area contributed by atoms with Crippen LogP contribution in [0.25, 0.3) is 0 Å². The molecule has 1 aliphatic rings. The molecule has 10 heteroatoms. The van der Waals surface area contributed by atoms with Crippen molar-refractivity contribution in [1.82, 2.24) is 4.98 Å². The van der Waals surface area contributed by atoms with Crippen molar-refractivity contribution in [3.63, 3.8) is 0 Å². The Hall–Kier alpha value is -3.59. The van der Waals surface area contributed by atoms with Gasteiger partial charge in [-0.1, -0.05) is 11.6 Å². The van der Waals surface area contributed by atoms with E-state index in [2.05, 4.69) is 4.98 Å². The number of hydrogen-bond acceptors (Lipinski definition) is 4. The molecule has 2 amide bonds. The Labute approximate surface area is 185 Å². The van der Waals surface area contributed by atoms with Gasteiger partial charge in [-0.05, 0) is 43.2 Å². The maximum atomic E-state index is 15.1. The zero-order valence-corrected chi connectivity index (χ0v) is 17.1. The maximum absolute atomic E-state index is 15.1.